The van der Waals surface area contributed by atoms with E-state index in [2.05, 4.69) is 45.6 Å². The molecule has 2 N–H and O–H groups in total. The van der Waals surface area contributed by atoms with E-state index in [1.165, 1.54) is 24.8 Å². The molecule has 1 fully saturated rings. The number of ether oxygens (including phenoxy) is 1. The molecule has 1 aliphatic rings. The molecule has 2 aromatic rings. The van der Waals surface area contributed by atoms with Crippen molar-refractivity contribution < 1.29 is 4.74 Å². The van der Waals surface area contributed by atoms with Gasteiger partial charge in [0, 0.05) is 32.1 Å². The van der Waals surface area contributed by atoms with Crippen LogP contribution < -0.4 is 5.32 Å². The molecule has 4 nitrogen and oxygen atoms in total. The Balaban J connectivity index is 1.72. The molecule has 1 aromatic heterocycles. The van der Waals surface area contributed by atoms with Crippen molar-refractivity contribution in [2.24, 2.45) is 0 Å². The molecule has 4 heteroatoms. The number of hydrogen-bond acceptors (Lipinski definition) is 3. The summed E-state index contributed by atoms with van der Waals surface area (Å²) in [7, 11) is 1.72. The first-order valence-corrected chi connectivity index (χ1v) is 7.65. The van der Waals surface area contributed by atoms with Crippen molar-refractivity contribution in [1.29, 1.82) is 0 Å². The molecular formula is C17H23N3O. The predicted molar refractivity (Wildman–Crippen MR) is 83.2 cm³/mol. The Labute approximate surface area is 125 Å². The van der Waals surface area contributed by atoms with Gasteiger partial charge in [-0.3, -0.25) is 0 Å². The third kappa shape index (κ3) is 2.87. The van der Waals surface area contributed by atoms with E-state index in [1.807, 2.05) is 6.20 Å². The molecule has 0 amide bonds. The van der Waals surface area contributed by atoms with Crippen LogP contribution in [0.25, 0.3) is 0 Å². The number of hydrogen-bond donors (Lipinski definition) is 2. The summed E-state index contributed by atoms with van der Waals surface area (Å²) in [6.45, 7) is 2.39. The summed E-state index contributed by atoms with van der Waals surface area (Å²) in [5.41, 5.74) is 2.62. The maximum absolute atomic E-state index is 5.04. The SMILES string of the molecule is COCCNCc1cnc(C2(c3ccccc3)CCC2)[nH]1. The molecule has 1 aliphatic carbocycles. The molecule has 0 bridgehead atoms. The van der Waals surface area contributed by atoms with Crippen molar-refractivity contribution in [3.8, 4) is 0 Å². The number of benzene rings is 1. The van der Waals surface area contributed by atoms with E-state index in [-0.39, 0.29) is 5.41 Å². The zero-order valence-corrected chi connectivity index (χ0v) is 12.6. The van der Waals surface area contributed by atoms with Gasteiger partial charge in [-0.1, -0.05) is 36.8 Å². The Hall–Kier alpha value is -1.65. The van der Waals surface area contributed by atoms with E-state index >= 15 is 0 Å². The summed E-state index contributed by atoms with van der Waals surface area (Å²) in [5.74, 6) is 1.11. The van der Waals surface area contributed by atoms with Crippen molar-refractivity contribution in [3.63, 3.8) is 0 Å². The summed E-state index contributed by atoms with van der Waals surface area (Å²) >= 11 is 0. The van der Waals surface area contributed by atoms with Crippen molar-refractivity contribution in [1.82, 2.24) is 15.3 Å². The lowest BCUT2D eigenvalue weighted by molar-refractivity contribution is 0.199. The number of H-pyrrole nitrogens is 1. The number of aromatic nitrogens is 2. The largest absolute Gasteiger partial charge is 0.383 e. The number of aromatic amines is 1. The van der Waals surface area contributed by atoms with Gasteiger partial charge < -0.3 is 15.0 Å². The molecule has 0 atom stereocenters. The van der Waals surface area contributed by atoms with Crippen molar-refractivity contribution in [2.45, 2.75) is 31.2 Å². The van der Waals surface area contributed by atoms with E-state index in [0.29, 0.717) is 0 Å². The second kappa shape index (κ2) is 6.41. The lowest BCUT2D eigenvalue weighted by atomic mass is 9.64. The average molecular weight is 285 g/mol. The first-order chi connectivity index (χ1) is 10.3. The highest BCUT2D eigenvalue weighted by molar-refractivity contribution is 5.36. The minimum absolute atomic E-state index is 0.103. The summed E-state index contributed by atoms with van der Waals surface area (Å²) < 4.78 is 5.04. The Morgan fingerprint density at radius 3 is 2.76 bits per heavy atom. The van der Waals surface area contributed by atoms with Crippen LogP contribution in [0.3, 0.4) is 0 Å². The number of rotatable bonds is 7. The van der Waals surface area contributed by atoms with Gasteiger partial charge in [0.25, 0.3) is 0 Å². The molecular weight excluding hydrogens is 262 g/mol. The molecule has 21 heavy (non-hydrogen) atoms. The van der Waals surface area contributed by atoms with Crippen LogP contribution in [-0.2, 0) is 16.7 Å². The van der Waals surface area contributed by atoms with E-state index in [0.717, 1.165) is 31.2 Å². The molecule has 3 rings (SSSR count). The number of methoxy groups -OCH3 is 1. The fraction of sp³-hybridized carbons (Fsp3) is 0.471. The third-order valence-corrected chi connectivity index (χ3v) is 4.41. The molecule has 1 saturated carbocycles. The lowest BCUT2D eigenvalue weighted by Gasteiger charge is -2.40. The zero-order valence-electron chi connectivity index (χ0n) is 12.6. The summed E-state index contributed by atoms with van der Waals surface area (Å²) in [4.78, 5) is 8.18. The van der Waals surface area contributed by atoms with Crippen molar-refractivity contribution in [2.75, 3.05) is 20.3 Å². The molecule has 1 heterocycles. The van der Waals surface area contributed by atoms with Crippen LogP contribution >= 0.6 is 0 Å². The maximum atomic E-state index is 5.04. The summed E-state index contributed by atoms with van der Waals surface area (Å²) in [6.07, 6.45) is 5.59. The van der Waals surface area contributed by atoms with Gasteiger partial charge in [0.15, 0.2) is 0 Å². The van der Waals surface area contributed by atoms with Crippen LogP contribution in [0.2, 0.25) is 0 Å². The molecule has 0 saturated heterocycles. The fourth-order valence-corrected chi connectivity index (χ4v) is 3.04. The predicted octanol–water partition coefficient (Wildman–Crippen LogP) is 2.62. The van der Waals surface area contributed by atoms with Crippen LogP contribution in [-0.4, -0.2) is 30.2 Å². The van der Waals surface area contributed by atoms with E-state index in [9.17, 15) is 0 Å². The minimum Gasteiger partial charge on any atom is -0.383 e. The van der Waals surface area contributed by atoms with Crippen LogP contribution in [0.1, 0.15) is 36.3 Å². The Morgan fingerprint density at radius 2 is 2.10 bits per heavy atom. The normalized spacial score (nSPS) is 16.6. The van der Waals surface area contributed by atoms with Gasteiger partial charge in [0.1, 0.15) is 5.82 Å². The molecule has 112 valence electrons. The molecule has 0 spiro atoms. The standard InChI is InChI=1S/C17H23N3O/c1-21-11-10-18-12-15-13-19-16(20-15)17(8-5-9-17)14-6-3-2-4-7-14/h2-4,6-7,13,18H,5,8-12H2,1H3,(H,19,20). The Kier molecular flexibility index (Phi) is 4.36. The lowest BCUT2D eigenvalue weighted by Crippen LogP contribution is -2.36. The quantitative estimate of drug-likeness (QED) is 0.769. The first-order valence-electron chi connectivity index (χ1n) is 7.65. The van der Waals surface area contributed by atoms with Gasteiger partial charge in [0.05, 0.1) is 12.0 Å². The third-order valence-electron chi connectivity index (χ3n) is 4.41. The highest BCUT2D eigenvalue weighted by Gasteiger charge is 2.42. The van der Waals surface area contributed by atoms with Crippen molar-refractivity contribution in [3.05, 3.63) is 53.6 Å². The van der Waals surface area contributed by atoms with Gasteiger partial charge in [-0.15, -0.1) is 0 Å². The summed E-state index contributed by atoms with van der Waals surface area (Å²) in [5, 5.41) is 3.35. The Bertz CT molecular complexity index is 560. The smallest absolute Gasteiger partial charge is 0.116 e. The van der Waals surface area contributed by atoms with Gasteiger partial charge in [0.2, 0.25) is 0 Å². The molecule has 0 unspecified atom stereocenters. The fourth-order valence-electron chi connectivity index (χ4n) is 3.04. The molecule has 0 aliphatic heterocycles. The van der Waals surface area contributed by atoms with Gasteiger partial charge >= 0.3 is 0 Å². The van der Waals surface area contributed by atoms with Crippen LogP contribution in [0, 0.1) is 0 Å². The highest BCUT2D eigenvalue weighted by atomic mass is 16.5. The summed E-state index contributed by atoms with van der Waals surface area (Å²) in [6, 6.07) is 10.7. The number of imidazole rings is 1. The van der Waals surface area contributed by atoms with Crippen molar-refractivity contribution >= 4 is 0 Å². The first kappa shape index (κ1) is 14.3. The monoisotopic (exact) mass is 285 g/mol. The minimum atomic E-state index is 0.103. The molecule has 0 radical (unpaired) electrons. The zero-order chi connectivity index (χ0) is 14.5. The van der Waals surface area contributed by atoms with Gasteiger partial charge in [-0.2, -0.15) is 0 Å². The second-order valence-corrected chi connectivity index (χ2v) is 5.73. The van der Waals surface area contributed by atoms with E-state index in [4.69, 9.17) is 4.74 Å². The van der Waals surface area contributed by atoms with Gasteiger partial charge in [-0.25, -0.2) is 4.98 Å². The Morgan fingerprint density at radius 1 is 1.29 bits per heavy atom. The van der Waals surface area contributed by atoms with E-state index < -0.39 is 0 Å². The van der Waals surface area contributed by atoms with Crippen LogP contribution in [0.5, 0.6) is 0 Å². The average Bonchev–Trinajstić information content (AvgIpc) is 2.93. The number of nitrogens with zero attached hydrogens (tertiary/aromatic N) is 1. The second-order valence-electron chi connectivity index (χ2n) is 5.73. The highest BCUT2D eigenvalue weighted by Crippen LogP contribution is 2.47. The van der Waals surface area contributed by atoms with Crippen LogP contribution in [0.15, 0.2) is 36.5 Å². The topological polar surface area (TPSA) is 49.9 Å². The molecule has 1 aromatic carbocycles. The van der Waals surface area contributed by atoms with Crippen LogP contribution in [0.4, 0.5) is 0 Å². The number of nitrogens with one attached hydrogen (secondary N) is 2. The maximum Gasteiger partial charge on any atom is 0.116 e. The van der Waals surface area contributed by atoms with Gasteiger partial charge in [-0.05, 0) is 18.4 Å². The van der Waals surface area contributed by atoms with E-state index in [1.54, 1.807) is 7.11 Å².